The average Bonchev–Trinajstić information content (AvgIpc) is 2.83. The Morgan fingerprint density at radius 1 is 1.22 bits per heavy atom. The van der Waals surface area contributed by atoms with Gasteiger partial charge in [-0.1, -0.05) is 12.5 Å². The third kappa shape index (κ3) is 4.38. The number of nitrogens with zero attached hydrogens (tertiary/aromatic N) is 3. The molecule has 1 saturated carbocycles. The van der Waals surface area contributed by atoms with Crippen LogP contribution in [0.25, 0.3) is 0 Å². The van der Waals surface area contributed by atoms with E-state index in [0.717, 1.165) is 74.4 Å². The maximum absolute atomic E-state index is 13.7. The molecular formula is C21H27FN4O. The van der Waals surface area contributed by atoms with E-state index in [1.165, 1.54) is 0 Å². The summed E-state index contributed by atoms with van der Waals surface area (Å²) in [6.07, 6.45) is 4.20. The molecule has 1 amide bonds. The highest BCUT2D eigenvalue weighted by atomic mass is 19.1. The highest BCUT2D eigenvalue weighted by molar-refractivity contribution is 5.79. The minimum Gasteiger partial charge on any atom is -0.350 e. The quantitative estimate of drug-likeness (QED) is 0.880. The van der Waals surface area contributed by atoms with Crippen LogP contribution in [0.2, 0.25) is 0 Å². The van der Waals surface area contributed by atoms with Crippen LogP contribution in [0.5, 0.6) is 0 Å². The maximum Gasteiger partial charge on any atom is 0.223 e. The minimum absolute atomic E-state index is 0.160. The molecule has 0 unspecified atom stereocenters. The fourth-order valence-corrected chi connectivity index (χ4v) is 3.96. The second-order valence-electron chi connectivity index (χ2n) is 7.90. The lowest BCUT2D eigenvalue weighted by molar-refractivity contribution is -0.127. The summed E-state index contributed by atoms with van der Waals surface area (Å²) in [5.41, 5.74) is 4.04. The molecule has 0 radical (unpaired) electrons. The second kappa shape index (κ2) is 7.80. The molecule has 144 valence electrons. The number of halogens is 1. The molecule has 6 heteroatoms. The third-order valence-electron chi connectivity index (χ3n) is 5.57. The first-order valence-electron chi connectivity index (χ1n) is 9.88. The predicted molar refractivity (Wildman–Crippen MR) is 101 cm³/mol. The van der Waals surface area contributed by atoms with Gasteiger partial charge in [-0.05, 0) is 55.5 Å². The van der Waals surface area contributed by atoms with Gasteiger partial charge in [-0.15, -0.1) is 0 Å². The van der Waals surface area contributed by atoms with Crippen molar-refractivity contribution >= 4 is 5.91 Å². The van der Waals surface area contributed by atoms with Gasteiger partial charge in [0.2, 0.25) is 5.91 Å². The van der Waals surface area contributed by atoms with Gasteiger partial charge in [0.25, 0.3) is 0 Å². The largest absolute Gasteiger partial charge is 0.350 e. The van der Waals surface area contributed by atoms with Crippen LogP contribution in [0.4, 0.5) is 4.39 Å². The molecule has 1 aliphatic carbocycles. The first-order valence-corrected chi connectivity index (χ1v) is 9.88. The number of fused-ring (bicyclic) bond motifs is 1. The number of aromatic nitrogens is 2. The molecule has 2 heterocycles. The summed E-state index contributed by atoms with van der Waals surface area (Å²) < 4.78 is 15.7. The van der Waals surface area contributed by atoms with Gasteiger partial charge in [0.15, 0.2) is 0 Å². The SMILES string of the molecule is Cc1cc(F)cc(CN2CCCn3nc(CNC(=O)C4CCC4)cc3C2)c1. The molecule has 1 aromatic carbocycles. The number of carbonyl (C=O) groups excluding carboxylic acids is 1. The number of benzene rings is 1. The molecule has 5 nitrogen and oxygen atoms in total. The zero-order chi connectivity index (χ0) is 18.8. The van der Waals surface area contributed by atoms with Crippen LogP contribution >= 0.6 is 0 Å². The Bertz CT molecular complexity index is 807. The minimum atomic E-state index is -0.172. The molecule has 0 saturated heterocycles. The normalized spacial score (nSPS) is 17.9. The van der Waals surface area contributed by atoms with E-state index in [2.05, 4.69) is 26.1 Å². The van der Waals surface area contributed by atoms with Gasteiger partial charge in [-0.3, -0.25) is 14.4 Å². The molecule has 1 aliphatic heterocycles. The lowest BCUT2D eigenvalue weighted by Gasteiger charge is -2.23. The van der Waals surface area contributed by atoms with Crippen molar-refractivity contribution < 1.29 is 9.18 Å². The second-order valence-corrected chi connectivity index (χ2v) is 7.90. The average molecular weight is 370 g/mol. The molecule has 4 rings (SSSR count). The number of hydrogen-bond acceptors (Lipinski definition) is 3. The van der Waals surface area contributed by atoms with Gasteiger partial charge in [0.05, 0.1) is 17.9 Å². The molecule has 0 atom stereocenters. The van der Waals surface area contributed by atoms with E-state index in [1.807, 2.05) is 13.0 Å². The van der Waals surface area contributed by atoms with E-state index in [4.69, 9.17) is 0 Å². The number of nitrogens with one attached hydrogen (secondary N) is 1. The van der Waals surface area contributed by atoms with E-state index >= 15 is 0 Å². The van der Waals surface area contributed by atoms with E-state index in [1.54, 1.807) is 12.1 Å². The van der Waals surface area contributed by atoms with Crippen LogP contribution in [-0.2, 0) is 31.0 Å². The number of carbonyl (C=O) groups is 1. The van der Waals surface area contributed by atoms with Crippen LogP contribution in [0, 0.1) is 18.7 Å². The van der Waals surface area contributed by atoms with Crippen molar-refractivity contribution in [1.82, 2.24) is 20.0 Å². The topological polar surface area (TPSA) is 50.2 Å². The Morgan fingerprint density at radius 2 is 2.07 bits per heavy atom. The van der Waals surface area contributed by atoms with E-state index < -0.39 is 0 Å². The molecule has 0 spiro atoms. The van der Waals surface area contributed by atoms with Gasteiger partial charge >= 0.3 is 0 Å². The lowest BCUT2D eigenvalue weighted by Crippen LogP contribution is -2.34. The van der Waals surface area contributed by atoms with E-state index in [9.17, 15) is 9.18 Å². The fourth-order valence-electron chi connectivity index (χ4n) is 3.96. The Hall–Kier alpha value is -2.21. The van der Waals surface area contributed by atoms with Crippen molar-refractivity contribution in [3.63, 3.8) is 0 Å². The number of hydrogen-bond donors (Lipinski definition) is 1. The molecule has 1 fully saturated rings. The first-order chi connectivity index (χ1) is 13.1. The molecule has 2 aliphatic rings. The highest BCUT2D eigenvalue weighted by Gasteiger charge is 2.25. The zero-order valence-corrected chi connectivity index (χ0v) is 15.9. The summed E-state index contributed by atoms with van der Waals surface area (Å²) in [7, 11) is 0. The van der Waals surface area contributed by atoms with Crippen molar-refractivity contribution in [3.05, 3.63) is 52.6 Å². The fraction of sp³-hybridized carbons (Fsp3) is 0.524. The number of amides is 1. The molecule has 1 N–H and O–H groups in total. The zero-order valence-electron chi connectivity index (χ0n) is 15.9. The summed E-state index contributed by atoms with van der Waals surface area (Å²) in [6, 6.07) is 7.32. The Kier molecular flexibility index (Phi) is 5.25. The first kappa shape index (κ1) is 18.2. The van der Waals surface area contributed by atoms with Crippen molar-refractivity contribution in [1.29, 1.82) is 0 Å². The summed E-state index contributed by atoms with van der Waals surface area (Å²) in [5, 5.41) is 7.69. The third-order valence-corrected chi connectivity index (χ3v) is 5.57. The molecule has 27 heavy (non-hydrogen) atoms. The van der Waals surface area contributed by atoms with Crippen molar-refractivity contribution in [2.45, 2.75) is 58.8 Å². The van der Waals surface area contributed by atoms with Gasteiger partial charge in [0.1, 0.15) is 5.82 Å². The Morgan fingerprint density at radius 3 is 2.81 bits per heavy atom. The molecule has 2 aromatic rings. The van der Waals surface area contributed by atoms with Crippen LogP contribution in [0.3, 0.4) is 0 Å². The van der Waals surface area contributed by atoms with Crippen LogP contribution in [0.15, 0.2) is 24.3 Å². The smallest absolute Gasteiger partial charge is 0.223 e. The summed E-state index contributed by atoms with van der Waals surface area (Å²) in [4.78, 5) is 14.4. The lowest BCUT2D eigenvalue weighted by atomic mass is 9.85. The number of rotatable bonds is 5. The monoisotopic (exact) mass is 370 g/mol. The van der Waals surface area contributed by atoms with Crippen LogP contribution in [-0.4, -0.2) is 27.1 Å². The van der Waals surface area contributed by atoms with Crippen molar-refractivity contribution in [3.8, 4) is 0 Å². The number of aryl methyl sites for hydroxylation is 2. The van der Waals surface area contributed by atoms with Gasteiger partial charge in [-0.2, -0.15) is 5.10 Å². The predicted octanol–water partition coefficient (Wildman–Crippen LogP) is 3.15. The van der Waals surface area contributed by atoms with Gasteiger partial charge in [-0.25, -0.2) is 4.39 Å². The van der Waals surface area contributed by atoms with E-state index in [-0.39, 0.29) is 17.6 Å². The van der Waals surface area contributed by atoms with Gasteiger partial charge < -0.3 is 5.32 Å². The summed E-state index contributed by atoms with van der Waals surface area (Å²) in [6.45, 7) is 5.79. The van der Waals surface area contributed by atoms with Crippen molar-refractivity contribution in [2.24, 2.45) is 5.92 Å². The maximum atomic E-state index is 13.7. The Labute approximate surface area is 159 Å². The highest BCUT2D eigenvalue weighted by Crippen LogP contribution is 2.26. The Balaban J connectivity index is 1.39. The van der Waals surface area contributed by atoms with Crippen LogP contribution in [0.1, 0.15) is 48.2 Å². The molecule has 1 aromatic heterocycles. The summed E-state index contributed by atoms with van der Waals surface area (Å²) >= 11 is 0. The van der Waals surface area contributed by atoms with Crippen LogP contribution < -0.4 is 5.32 Å². The standard InChI is InChI=1S/C21H27FN4O/c1-15-8-16(10-18(22)9-15)13-25-6-3-7-26-20(14-25)11-19(24-26)12-23-21(27)17-4-2-5-17/h8-11,17H,2-7,12-14H2,1H3,(H,23,27). The van der Waals surface area contributed by atoms with E-state index in [0.29, 0.717) is 6.54 Å². The summed E-state index contributed by atoms with van der Waals surface area (Å²) in [5.74, 6) is 0.192. The van der Waals surface area contributed by atoms with Gasteiger partial charge in [0, 0.05) is 32.1 Å². The van der Waals surface area contributed by atoms with Crippen molar-refractivity contribution in [2.75, 3.05) is 6.54 Å². The molecule has 0 bridgehead atoms. The molecular weight excluding hydrogens is 343 g/mol.